The summed E-state index contributed by atoms with van der Waals surface area (Å²) in [6, 6.07) is 0. The topological polar surface area (TPSA) is 0 Å². The Labute approximate surface area is 87.5 Å². The molecule has 4 heteroatoms. The lowest BCUT2D eigenvalue weighted by molar-refractivity contribution is 0.805. The molecule has 0 radical (unpaired) electrons. The molecule has 0 unspecified atom stereocenters. The third-order valence-corrected chi connectivity index (χ3v) is 1.71. The van der Waals surface area contributed by atoms with Crippen molar-refractivity contribution in [2.24, 2.45) is 0 Å². The van der Waals surface area contributed by atoms with Crippen LogP contribution >= 0.6 is 46.4 Å². The summed E-state index contributed by atoms with van der Waals surface area (Å²) in [5, 5.41) is 0.617. The summed E-state index contributed by atoms with van der Waals surface area (Å²) in [6.07, 6.45) is 4.33. The van der Waals surface area contributed by atoms with Crippen molar-refractivity contribution >= 4 is 46.4 Å². The molecule has 0 aliphatic rings. The summed E-state index contributed by atoms with van der Waals surface area (Å²) in [6.45, 7) is 2.08. The van der Waals surface area contributed by atoms with Crippen LogP contribution in [0.5, 0.6) is 0 Å². The molecule has 0 aromatic heterocycles. The fourth-order valence-electron chi connectivity index (χ4n) is 0.595. The molecule has 0 nitrogen and oxygen atoms in total. The second-order valence-corrected chi connectivity index (χ2v) is 5.09. The average Bonchev–Trinajstić information content (AvgIpc) is 1.79. The molecule has 0 rings (SSSR count). The lowest BCUT2D eigenvalue weighted by Crippen LogP contribution is -1.95. The first kappa shape index (κ1) is 11.9. The van der Waals surface area contributed by atoms with E-state index in [9.17, 15) is 0 Å². The first-order valence-corrected chi connectivity index (χ1v) is 4.91. The van der Waals surface area contributed by atoms with E-state index in [4.69, 9.17) is 46.4 Å². The fourth-order valence-corrected chi connectivity index (χ4v) is 1.46. The van der Waals surface area contributed by atoms with Gasteiger partial charge >= 0.3 is 0 Å². The van der Waals surface area contributed by atoms with Gasteiger partial charge in [0.05, 0.1) is 0 Å². The lowest BCUT2D eigenvalue weighted by atomic mass is 10.2. The van der Waals surface area contributed by atoms with E-state index < -0.39 is 3.79 Å². The zero-order valence-corrected chi connectivity index (χ0v) is 9.23. The normalized spacial score (nSPS) is 13.7. The molecule has 0 aromatic rings. The van der Waals surface area contributed by atoms with Crippen LogP contribution in [0.1, 0.15) is 26.2 Å². The van der Waals surface area contributed by atoms with Crippen LogP contribution in [0.15, 0.2) is 11.1 Å². The van der Waals surface area contributed by atoms with Crippen LogP contribution in [-0.4, -0.2) is 3.79 Å². The van der Waals surface area contributed by atoms with Gasteiger partial charge < -0.3 is 0 Å². The predicted octanol–water partition coefficient (Wildman–Crippen LogP) is 4.67. The maximum atomic E-state index is 5.75. The van der Waals surface area contributed by atoms with Crippen molar-refractivity contribution in [3.8, 4) is 0 Å². The van der Waals surface area contributed by atoms with Crippen molar-refractivity contribution in [3.63, 3.8) is 0 Å². The van der Waals surface area contributed by atoms with Gasteiger partial charge in [-0.05, 0) is 18.9 Å². The van der Waals surface area contributed by atoms with Crippen molar-refractivity contribution in [1.29, 1.82) is 0 Å². The Hall–Kier alpha value is 0.900. The summed E-state index contributed by atoms with van der Waals surface area (Å²) in [7, 11) is 0. The van der Waals surface area contributed by atoms with Gasteiger partial charge in [-0.25, -0.2) is 0 Å². The number of rotatable bonds is 3. The summed E-state index contributed by atoms with van der Waals surface area (Å²) >= 11 is 22.2. The standard InChI is InChI=1S/C7H10Cl4/c1-2-3-4-6(8)5-7(9,10)11/h5H,2-4H2,1H3/b6-5+. The van der Waals surface area contributed by atoms with E-state index in [-0.39, 0.29) is 0 Å². The minimum absolute atomic E-state index is 0.617. The Morgan fingerprint density at radius 1 is 1.36 bits per heavy atom. The highest BCUT2D eigenvalue weighted by Crippen LogP contribution is 2.30. The average molecular weight is 236 g/mol. The maximum absolute atomic E-state index is 5.75. The first-order valence-electron chi connectivity index (χ1n) is 3.39. The molecule has 0 aromatic carbocycles. The predicted molar refractivity (Wildman–Crippen MR) is 53.8 cm³/mol. The van der Waals surface area contributed by atoms with Crippen molar-refractivity contribution in [1.82, 2.24) is 0 Å². The molecule has 0 aliphatic carbocycles. The monoisotopic (exact) mass is 234 g/mol. The van der Waals surface area contributed by atoms with Gasteiger partial charge in [-0.3, -0.25) is 0 Å². The molecule has 0 N–H and O–H groups in total. The molecule has 0 saturated carbocycles. The number of hydrogen-bond acceptors (Lipinski definition) is 0. The smallest absolute Gasteiger partial charge is 0.0893 e. The summed E-state index contributed by atoms with van der Waals surface area (Å²) < 4.78 is -1.36. The molecular weight excluding hydrogens is 226 g/mol. The third kappa shape index (κ3) is 8.81. The molecule has 0 atom stereocenters. The molecule has 0 spiro atoms. The van der Waals surface area contributed by atoms with Crippen molar-refractivity contribution in [2.45, 2.75) is 30.0 Å². The van der Waals surface area contributed by atoms with Gasteiger partial charge in [-0.2, -0.15) is 0 Å². The molecular formula is C7H10Cl4. The maximum Gasteiger partial charge on any atom is 0.210 e. The van der Waals surface area contributed by atoms with Crippen LogP contribution in [-0.2, 0) is 0 Å². The molecule has 0 aliphatic heterocycles. The second kappa shape index (κ2) is 5.53. The van der Waals surface area contributed by atoms with E-state index in [2.05, 4.69) is 6.92 Å². The largest absolute Gasteiger partial charge is 0.210 e. The summed E-state index contributed by atoms with van der Waals surface area (Å²) in [5.41, 5.74) is 0. The van der Waals surface area contributed by atoms with Gasteiger partial charge in [0.2, 0.25) is 3.79 Å². The van der Waals surface area contributed by atoms with E-state index in [0.29, 0.717) is 5.03 Å². The Morgan fingerprint density at radius 3 is 2.27 bits per heavy atom. The molecule has 0 amide bonds. The van der Waals surface area contributed by atoms with Gasteiger partial charge in [-0.1, -0.05) is 59.7 Å². The Morgan fingerprint density at radius 2 is 1.91 bits per heavy atom. The van der Waals surface area contributed by atoms with Gasteiger partial charge in [0.15, 0.2) is 0 Å². The minimum Gasteiger partial charge on any atom is -0.0893 e. The lowest BCUT2D eigenvalue weighted by Gasteiger charge is -2.04. The van der Waals surface area contributed by atoms with E-state index in [1.165, 1.54) is 6.08 Å². The van der Waals surface area contributed by atoms with Crippen molar-refractivity contribution < 1.29 is 0 Å². The van der Waals surface area contributed by atoms with Gasteiger partial charge in [0.1, 0.15) is 0 Å². The van der Waals surface area contributed by atoms with Crippen LogP contribution in [0.4, 0.5) is 0 Å². The van der Waals surface area contributed by atoms with Crippen LogP contribution in [0, 0.1) is 0 Å². The first-order chi connectivity index (χ1) is 4.95. The molecule has 0 fully saturated rings. The molecule has 11 heavy (non-hydrogen) atoms. The molecule has 0 saturated heterocycles. The highest BCUT2D eigenvalue weighted by atomic mass is 35.6. The molecule has 0 bridgehead atoms. The molecule has 0 heterocycles. The fraction of sp³-hybridized carbons (Fsp3) is 0.714. The third-order valence-electron chi connectivity index (χ3n) is 1.09. The number of hydrogen-bond donors (Lipinski definition) is 0. The van der Waals surface area contributed by atoms with Crippen LogP contribution in [0.25, 0.3) is 0 Å². The minimum atomic E-state index is -1.36. The number of allylic oxidation sites excluding steroid dienone is 2. The van der Waals surface area contributed by atoms with E-state index in [0.717, 1.165) is 19.3 Å². The zero-order chi connectivity index (χ0) is 8.91. The van der Waals surface area contributed by atoms with Crippen LogP contribution < -0.4 is 0 Å². The Balaban J connectivity index is 3.81. The van der Waals surface area contributed by atoms with Crippen molar-refractivity contribution in [3.05, 3.63) is 11.1 Å². The van der Waals surface area contributed by atoms with E-state index in [1.54, 1.807) is 0 Å². The van der Waals surface area contributed by atoms with E-state index >= 15 is 0 Å². The number of halogens is 4. The highest BCUT2D eigenvalue weighted by molar-refractivity contribution is 6.69. The number of alkyl halides is 3. The van der Waals surface area contributed by atoms with Gasteiger partial charge in [0.25, 0.3) is 0 Å². The molecule has 66 valence electrons. The van der Waals surface area contributed by atoms with Gasteiger partial charge in [-0.15, -0.1) is 0 Å². The SMILES string of the molecule is CCCC/C(Cl)=C\C(Cl)(Cl)Cl. The Bertz CT molecular complexity index is 134. The quantitative estimate of drug-likeness (QED) is 0.624. The van der Waals surface area contributed by atoms with Crippen LogP contribution in [0.2, 0.25) is 0 Å². The zero-order valence-electron chi connectivity index (χ0n) is 6.21. The summed E-state index contributed by atoms with van der Waals surface area (Å²) in [5.74, 6) is 0. The summed E-state index contributed by atoms with van der Waals surface area (Å²) in [4.78, 5) is 0. The highest BCUT2D eigenvalue weighted by Gasteiger charge is 2.15. The second-order valence-electron chi connectivity index (χ2n) is 2.24. The van der Waals surface area contributed by atoms with E-state index in [1.807, 2.05) is 0 Å². The van der Waals surface area contributed by atoms with Crippen molar-refractivity contribution in [2.75, 3.05) is 0 Å². The van der Waals surface area contributed by atoms with Gasteiger partial charge in [0, 0.05) is 5.03 Å². The Kier molecular flexibility index (Phi) is 5.98. The van der Waals surface area contributed by atoms with Crippen LogP contribution in [0.3, 0.4) is 0 Å². The number of unbranched alkanes of at least 4 members (excludes halogenated alkanes) is 1.